The maximum Gasteiger partial charge on any atom is 0.228 e. The number of hydrogen-bond acceptors (Lipinski definition) is 4. The summed E-state index contributed by atoms with van der Waals surface area (Å²) in [5.41, 5.74) is 1.10. The average molecular weight is 330 g/mol. The van der Waals surface area contributed by atoms with Crippen LogP contribution in [-0.4, -0.2) is 20.7 Å². The van der Waals surface area contributed by atoms with Crippen LogP contribution in [0.3, 0.4) is 0 Å². The third-order valence-corrected chi connectivity index (χ3v) is 5.09. The Labute approximate surface area is 136 Å². The predicted octanol–water partition coefficient (Wildman–Crippen LogP) is 3.67. The van der Waals surface area contributed by atoms with Crippen molar-refractivity contribution in [3.8, 4) is 5.13 Å². The van der Waals surface area contributed by atoms with Gasteiger partial charge in [-0.3, -0.25) is 4.79 Å². The number of thiazole rings is 1. The first-order chi connectivity index (χ1) is 11.1. The highest BCUT2D eigenvalue weighted by Crippen LogP contribution is 2.30. The number of rotatable bonds is 3. The lowest BCUT2D eigenvalue weighted by atomic mass is 9.85. The minimum atomic E-state index is -0.353. The number of para-hydroxylation sites is 1. The molecule has 23 heavy (non-hydrogen) atoms. The molecule has 1 N–H and O–H groups in total. The summed E-state index contributed by atoms with van der Waals surface area (Å²) in [5.74, 6) is 0.337. The average Bonchev–Trinajstić information content (AvgIpc) is 3.01. The number of nitrogens with zero attached hydrogens (tertiary/aromatic N) is 3. The van der Waals surface area contributed by atoms with Gasteiger partial charge in [-0.15, -0.1) is 0 Å². The van der Waals surface area contributed by atoms with Crippen LogP contribution in [0.25, 0.3) is 15.3 Å². The lowest BCUT2D eigenvalue weighted by Gasteiger charge is -2.23. The highest BCUT2D eigenvalue weighted by atomic mass is 32.1. The molecule has 2 heterocycles. The second-order valence-corrected chi connectivity index (χ2v) is 6.79. The minimum Gasteiger partial charge on any atom is -0.310 e. The first kappa shape index (κ1) is 14.3. The Morgan fingerprint density at radius 3 is 2.96 bits per heavy atom. The van der Waals surface area contributed by atoms with Crippen LogP contribution in [0, 0.1) is 18.7 Å². The van der Waals surface area contributed by atoms with Crippen molar-refractivity contribution in [3.63, 3.8) is 0 Å². The maximum absolute atomic E-state index is 13.8. The highest BCUT2D eigenvalue weighted by molar-refractivity contribution is 7.20. The zero-order chi connectivity index (χ0) is 16.0. The third kappa shape index (κ3) is 2.50. The molecule has 4 rings (SSSR count). The van der Waals surface area contributed by atoms with E-state index in [1.54, 1.807) is 16.8 Å². The topological polar surface area (TPSA) is 59.8 Å². The van der Waals surface area contributed by atoms with Crippen molar-refractivity contribution in [2.24, 2.45) is 5.92 Å². The first-order valence-corrected chi connectivity index (χ1v) is 8.36. The molecular weight excluding hydrogens is 315 g/mol. The fraction of sp³-hybridized carbons (Fsp3) is 0.312. The summed E-state index contributed by atoms with van der Waals surface area (Å²) in [6.45, 7) is 1.85. The van der Waals surface area contributed by atoms with Crippen LogP contribution in [0.5, 0.6) is 0 Å². The van der Waals surface area contributed by atoms with Crippen LogP contribution < -0.4 is 5.32 Å². The predicted molar refractivity (Wildman–Crippen MR) is 87.4 cm³/mol. The van der Waals surface area contributed by atoms with Crippen molar-refractivity contribution < 1.29 is 9.18 Å². The van der Waals surface area contributed by atoms with Gasteiger partial charge in [-0.2, -0.15) is 9.78 Å². The molecule has 0 bridgehead atoms. The number of hydrogen-bond donors (Lipinski definition) is 1. The molecule has 1 aromatic carbocycles. The Hall–Kier alpha value is -2.28. The van der Waals surface area contributed by atoms with Crippen LogP contribution >= 0.6 is 11.3 Å². The molecule has 1 amide bonds. The lowest BCUT2D eigenvalue weighted by molar-refractivity contribution is -0.122. The number of benzene rings is 1. The van der Waals surface area contributed by atoms with Crippen molar-refractivity contribution in [1.29, 1.82) is 0 Å². The molecule has 118 valence electrons. The van der Waals surface area contributed by atoms with Gasteiger partial charge in [0.1, 0.15) is 17.2 Å². The number of carbonyl (C=O) groups is 1. The standard InChI is InChI=1S/C16H15FN4OS/c1-9-8-13(18-15(22)10-4-2-5-10)21(20-9)16-19-14-11(17)6-3-7-12(14)23-16/h3,6-8,10H,2,4-5H2,1H3,(H,18,22). The van der Waals surface area contributed by atoms with E-state index >= 15 is 0 Å². The normalized spacial score (nSPS) is 14.9. The van der Waals surface area contributed by atoms with E-state index in [0.717, 1.165) is 29.7 Å². The molecule has 7 heteroatoms. The number of fused-ring (bicyclic) bond motifs is 1. The van der Waals surface area contributed by atoms with E-state index < -0.39 is 0 Å². The van der Waals surface area contributed by atoms with Crippen LogP contribution in [-0.2, 0) is 4.79 Å². The number of aromatic nitrogens is 3. The molecule has 0 spiro atoms. The molecule has 0 unspecified atom stereocenters. The van der Waals surface area contributed by atoms with Gasteiger partial charge in [0.05, 0.1) is 10.4 Å². The number of amides is 1. The van der Waals surface area contributed by atoms with E-state index in [9.17, 15) is 9.18 Å². The Bertz CT molecular complexity index is 897. The summed E-state index contributed by atoms with van der Waals surface area (Å²) in [4.78, 5) is 16.5. The molecule has 0 saturated heterocycles. The molecule has 0 aliphatic heterocycles. The Balaban J connectivity index is 1.72. The Morgan fingerprint density at radius 2 is 2.26 bits per heavy atom. The molecule has 1 fully saturated rings. The summed E-state index contributed by atoms with van der Waals surface area (Å²) in [5, 5.41) is 7.86. The molecule has 1 saturated carbocycles. The van der Waals surface area contributed by atoms with Gasteiger partial charge < -0.3 is 5.32 Å². The monoisotopic (exact) mass is 330 g/mol. The fourth-order valence-corrected chi connectivity index (χ4v) is 3.57. The van der Waals surface area contributed by atoms with Crippen molar-refractivity contribution in [2.75, 3.05) is 5.32 Å². The van der Waals surface area contributed by atoms with E-state index in [1.807, 2.05) is 13.0 Å². The van der Waals surface area contributed by atoms with Crippen molar-refractivity contribution in [3.05, 3.63) is 35.8 Å². The van der Waals surface area contributed by atoms with Gasteiger partial charge in [0.15, 0.2) is 0 Å². The SMILES string of the molecule is Cc1cc(NC(=O)C2CCC2)n(-c2nc3c(F)cccc3s2)n1. The van der Waals surface area contributed by atoms with Gasteiger partial charge in [-0.25, -0.2) is 9.37 Å². The lowest BCUT2D eigenvalue weighted by Crippen LogP contribution is -2.28. The molecule has 0 atom stereocenters. The molecular formula is C16H15FN4OS. The van der Waals surface area contributed by atoms with Gasteiger partial charge in [0.25, 0.3) is 0 Å². The smallest absolute Gasteiger partial charge is 0.228 e. The molecule has 0 radical (unpaired) electrons. The molecule has 1 aliphatic rings. The van der Waals surface area contributed by atoms with E-state index in [-0.39, 0.29) is 17.6 Å². The van der Waals surface area contributed by atoms with Gasteiger partial charge in [0, 0.05) is 12.0 Å². The number of halogens is 1. The van der Waals surface area contributed by atoms with Crippen molar-refractivity contribution in [2.45, 2.75) is 26.2 Å². The van der Waals surface area contributed by atoms with Crippen LogP contribution in [0.1, 0.15) is 25.0 Å². The van der Waals surface area contributed by atoms with Gasteiger partial charge >= 0.3 is 0 Å². The molecule has 3 aromatic rings. The number of nitrogens with one attached hydrogen (secondary N) is 1. The molecule has 2 aromatic heterocycles. The number of anilines is 1. The zero-order valence-electron chi connectivity index (χ0n) is 12.5. The zero-order valence-corrected chi connectivity index (χ0v) is 13.4. The second-order valence-electron chi connectivity index (χ2n) is 5.78. The first-order valence-electron chi connectivity index (χ1n) is 7.55. The third-order valence-electron chi connectivity index (χ3n) is 4.10. The number of carbonyl (C=O) groups excluding carboxylic acids is 1. The maximum atomic E-state index is 13.8. The van der Waals surface area contributed by atoms with Gasteiger partial charge in [-0.05, 0) is 31.9 Å². The van der Waals surface area contributed by atoms with E-state index in [0.29, 0.717) is 16.5 Å². The van der Waals surface area contributed by atoms with E-state index in [1.165, 1.54) is 17.4 Å². The van der Waals surface area contributed by atoms with Gasteiger partial charge in [0.2, 0.25) is 11.0 Å². The summed E-state index contributed by atoms with van der Waals surface area (Å²) in [7, 11) is 0. The van der Waals surface area contributed by atoms with E-state index in [4.69, 9.17) is 0 Å². The van der Waals surface area contributed by atoms with Crippen LogP contribution in [0.15, 0.2) is 24.3 Å². The Morgan fingerprint density at radius 1 is 1.43 bits per heavy atom. The van der Waals surface area contributed by atoms with Gasteiger partial charge in [-0.1, -0.05) is 23.8 Å². The summed E-state index contributed by atoms with van der Waals surface area (Å²) in [6.07, 6.45) is 2.98. The molecule has 1 aliphatic carbocycles. The Kier molecular flexibility index (Phi) is 3.37. The summed E-state index contributed by atoms with van der Waals surface area (Å²) < 4.78 is 16.2. The summed E-state index contributed by atoms with van der Waals surface area (Å²) in [6, 6.07) is 6.67. The van der Waals surface area contributed by atoms with Crippen LogP contribution in [0.4, 0.5) is 10.2 Å². The quantitative estimate of drug-likeness (QED) is 0.797. The van der Waals surface area contributed by atoms with E-state index in [2.05, 4.69) is 15.4 Å². The molecule has 5 nitrogen and oxygen atoms in total. The number of aryl methyl sites for hydroxylation is 1. The van der Waals surface area contributed by atoms with Crippen molar-refractivity contribution in [1.82, 2.24) is 14.8 Å². The summed E-state index contributed by atoms with van der Waals surface area (Å²) >= 11 is 1.35. The van der Waals surface area contributed by atoms with Crippen LogP contribution in [0.2, 0.25) is 0 Å². The van der Waals surface area contributed by atoms with Crippen molar-refractivity contribution >= 4 is 33.3 Å². The minimum absolute atomic E-state index is 0.0182. The highest BCUT2D eigenvalue weighted by Gasteiger charge is 2.26. The second kappa shape index (κ2) is 5.42. The fourth-order valence-electron chi connectivity index (χ4n) is 2.63. The largest absolute Gasteiger partial charge is 0.310 e.